The SMILES string of the molecule is COc1ccc(CCC(O)(c2ccc(N(CC(C)C)S(=O)(=O)c3ccccc3)cc2)C(F)(F)F)cc1. The van der Waals surface area contributed by atoms with Gasteiger partial charge >= 0.3 is 6.18 Å². The Morgan fingerprint density at radius 2 is 1.50 bits per heavy atom. The number of sulfonamides is 1. The van der Waals surface area contributed by atoms with E-state index in [0.717, 1.165) is 12.1 Å². The second-order valence-corrected chi connectivity index (χ2v) is 10.9. The minimum absolute atomic E-state index is 0.0242. The highest BCUT2D eigenvalue weighted by Gasteiger charge is 2.54. The third-order valence-corrected chi connectivity index (χ3v) is 7.71. The Morgan fingerprint density at radius 1 is 0.917 bits per heavy atom. The molecule has 9 heteroatoms. The van der Waals surface area contributed by atoms with Crippen molar-refractivity contribution in [2.45, 2.75) is 43.4 Å². The maximum atomic E-state index is 14.1. The van der Waals surface area contributed by atoms with Crippen LogP contribution in [0, 0.1) is 5.92 Å². The molecule has 0 aliphatic rings. The molecule has 0 spiro atoms. The van der Waals surface area contributed by atoms with Crippen LogP contribution in [0.25, 0.3) is 0 Å². The number of nitrogens with zero attached hydrogens (tertiary/aromatic N) is 1. The Hall–Kier alpha value is -3.04. The van der Waals surface area contributed by atoms with E-state index in [1.165, 1.54) is 35.7 Å². The Morgan fingerprint density at radius 3 is 2.00 bits per heavy atom. The minimum atomic E-state index is -4.94. The van der Waals surface area contributed by atoms with Gasteiger partial charge in [-0.25, -0.2) is 8.42 Å². The van der Waals surface area contributed by atoms with Gasteiger partial charge in [0.15, 0.2) is 5.60 Å². The van der Waals surface area contributed by atoms with E-state index in [1.807, 2.05) is 13.8 Å². The first kappa shape index (κ1) is 27.5. The van der Waals surface area contributed by atoms with E-state index in [2.05, 4.69) is 0 Å². The molecule has 0 bridgehead atoms. The fourth-order valence-electron chi connectivity index (χ4n) is 3.86. The number of hydrogen-bond donors (Lipinski definition) is 1. The van der Waals surface area contributed by atoms with Gasteiger partial charge in [0.1, 0.15) is 5.75 Å². The minimum Gasteiger partial charge on any atom is -0.497 e. The summed E-state index contributed by atoms with van der Waals surface area (Å²) in [6.45, 7) is 3.84. The van der Waals surface area contributed by atoms with Gasteiger partial charge in [0.25, 0.3) is 10.0 Å². The number of benzene rings is 3. The summed E-state index contributed by atoms with van der Waals surface area (Å²) in [7, 11) is -2.45. The lowest BCUT2D eigenvalue weighted by atomic mass is 9.87. The lowest BCUT2D eigenvalue weighted by Gasteiger charge is -2.32. The molecule has 194 valence electrons. The van der Waals surface area contributed by atoms with Crippen molar-refractivity contribution in [2.75, 3.05) is 18.0 Å². The molecule has 36 heavy (non-hydrogen) atoms. The lowest BCUT2D eigenvalue weighted by Crippen LogP contribution is -2.42. The molecule has 0 fully saturated rings. The number of anilines is 1. The summed E-state index contributed by atoms with van der Waals surface area (Å²) in [4.78, 5) is 0.0843. The number of rotatable bonds is 10. The van der Waals surface area contributed by atoms with E-state index in [1.54, 1.807) is 42.5 Å². The van der Waals surface area contributed by atoms with Crippen LogP contribution < -0.4 is 9.04 Å². The number of methoxy groups -OCH3 is 1. The van der Waals surface area contributed by atoms with Crippen LogP contribution in [0.3, 0.4) is 0 Å². The molecule has 0 heterocycles. The first-order valence-corrected chi connectivity index (χ1v) is 12.9. The predicted octanol–water partition coefficient (Wildman–Crippen LogP) is 5.93. The van der Waals surface area contributed by atoms with Crippen molar-refractivity contribution in [3.05, 3.63) is 90.0 Å². The largest absolute Gasteiger partial charge is 0.497 e. The highest BCUT2D eigenvalue weighted by molar-refractivity contribution is 7.92. The zero-order valence-electron chi connectivity index (χ0n) is 20.4. The molecule has 0 aliphatic heterocycles. The van der Waals surface area contributed by atoms with Crippen LogP contribution in [0.15, 0.2) is 83.8 Å². The maximum Gasteiger partial charge on any atom is 0.421 e. The zero-order valence-corrected chi connectivity index (χ0v) is 21.2. The molecule has 3 aromatic carbocycles. The first-order valence-electron chi connectivity index (χ1n) is 11.5. The molecule has 0 amide bonds. The molecular weight excluding hydrogens is 491 g/mol. The van der Waals surface area contributed by atoms with E-state index in [4.69, 9.17) is 4.74 Å². The van der Waals surface area contributed by atoms with E-state index < -0.39 is 28.2 Å². The van der Waals surface area contributed by atoms with Crippen LogP contribution in [-0.2, 0) is 22.0 Å². The van der Waals surface area contributed by atoms with E-state index >= 15 is 0 Å². The van der Waals surface area contributed by atoms with Crippen LogP contribution in [0.4, 0.5) is 18.9 Å². The topological polar surface area (TPSA) is 66.8 Å². The highest BCUT2D eigenvalue weighted by Crippen LogP contribution is 2.43. The van der Waals surface area contributed by atoms with Crippen molar-refractivity contribution in [3.8, 4) is 5.75 Å². The summed E-state index contributed by atoms with van der Waals surface area (Å²) in [6.07, 6.45) is -5.56. The zero-order chi connectivity index (χ0) is 26.6. The quantitative estimate of drug-likeness (QED) is 0.359. The number of alkyl halides is 3. The molecule has 0 radical (unpaired) electrons. The fourth-order valence-corrected chi connectivity index (χ4v) is 5.51. The predicted molar refractivity (Wildman–Crippen MR) is 134 cm³/mol. The normalized spacial score (nSPS) is 13.9. The standard InChI is InChI=1S/C27H30F3NO4S/c1-20(2)19-31(36(33,34)25-7-5-4-6-8-25)23-13-11-22(12-14-23)26(32,27(28,29)30)18-17-21-9-15-24(35-3)16-10-21/h4-16,20,32H,17-19H2,1-3H3. The van der Waals surface area contributed by atoms with E-state index in [9.17, 15) is 26.7 Å². The van der Waals surface area contributed by atoms with Crippen LogP contribution in [0.2, 0.25) is 0 Å². The third-order valence-electron chi connectivity index (χ3n) is 5.90. The molecule has 1 atom stereocenters. The first-order chi connectivity index (χ1) is 16.9. The molecule has 0 aliphatic carbocycles. The molecular formula is C27H30F3NO4S. The van der Waals surface area contributed by atoms with Gasteiger partial charge in [-0.15, -0.1) is 0 Å². The van der Waals surface area contributed by atoms with Gasteiger partial charge in [-0.3, -0.25) is 4.31 Å². The van der Waals surface area contributed by atoms with Crippen LogP contribution in [0.1, 0.15) is 31.4 Å². The van der Waals surface area contributed by atoms with Gasteiger partial charge in [-0.05, 0) is 66.3 Å². The van der Waals surface area contributed by atoms with Crippen molar-refractivity contribution in [2.24, 2.45) is 5.92 Å². The van der Waals surface area contributed by atoms with Gasteiger partial charge in [-0.1, -0.05) is 56.3 Å². The molecule has 3 aromatic rings. The Bertz CT molecular complexity index is 1230. The van der Waals surface area contributed by atoms with Crippen LogP contribution in [0.5, 0.6) is 5.75 Å². The molecule has 0 aromatic heterocycles. The van der Waals surface area contributed by atoms with Crippen molar-refractivity contribution >= 4 is 15.7 Å². The molecule has 1 N–H and O–H groups in total. The van der Waals surface area contributed by atoms with Crippen molar-refractivity contribution in [1.29, 1.82) is 0 Å². The average Bonchev–Trinajstić information content (AvgIpc) is 2.86. The summed E-state index contributed by atoms with van der Waals surface area (Å²) in [6, 6.07) is 19.3. The number of ether oxygens (including phenoxy) is 1. The van der Waals surface area contributed by atoms with E-state index in [-0.39, 0.29) is 35.0 Å². The highest BCUT2D eigenvalue weighted by atomic mass is 32.2. The Balaban J connectivity index is 1.93. The van der Waals surface area contributed by atoms with Crippen LogP contribution in [-0.4, -0.2) is 33.4 Å². The fraction of sp³-hybridized carbons (Fsp3) is 0.333. The van der Waals surface area contributed by atoms with Gasteiger partial charge in [-0.2, -0.15) is 13.2 Å². The summed E-state index contributed by atoms with van der Waals surface area (Å²) < 4.78 is 75.1. The monoisotopic (exact) mass is 521 g/mol. The summed E-state index contributed by atoms with van der Waals surface area (Å²) in [5.41, 5.74) is -2.62. The Labute approximate surface area is 210 Å². The number of aryl methyl sites for hydroxylation is 1. The lowest BCUT2D eigenvalue weighted by molar-refractivity contribution is -0.269. The van der Waals surface area contributed by atoms with Crippen molar-refractivity contribution < 1.29 is 31.4 Å². The molecule has 1 unspecified atom stereocenters. The molecule has 0 saturated heterocycles. The second kappa shape index (κ2) is 10.9. The molecule has 0 saturated carbocycles. The summed E-state index contributed by atoms with van der Waals surface area (Å²) in [5, 5.41) is 10.8. The van der Waals surface area contributed by atoms with E-state index in [0.29, 0.717) is 11.3 Å². The van der Waals surface area contributed by atoms with Crippen LogP contribution >= 0.6 is 0 Å². The van der Waals surface area contributed by atoms with Gasteiger partial charge in [0.05, 0.1) is 17.7 Å². The molecule has 3 rings (SSSR count). The number of aliphatic hydroxyl groups is 1. The van der Waals surface area contributed by atoms with Crippen molar-refractivity contribution in [1.82, 2.24) is 0 Å². The number of hydrogen-bond acceptors (Lipinski definition) is 4. The average molecular weight is 522 g/mol. The van der Waals surface area contributed by atoms with Gasteiger partial charge in [0.2, 0.25) is 0 Å². The maximum absolute atomic E-state index is 14.1. The van der Waals surface area contributed by atoms with Crippen molar-refractivity contribution in [3.63, 3.8) is 0 Å². The summed E-state index contributed by atoms with van der Waals surface area (Å²) in [5.74, 6) is 0.539. The number of halogens is 3. The second-order valence-electron chi connectivity index (χ2n) is 9.00. The Kier molecular flexibility index (Phi) is 8.36. The smallest absolute Gasteiger partial charge is 0.421 e. The van der Waals surface area contributed by atoms with Gasteiger partial charge < -0.3 is 9.84 Å². The van der Waals surface area contributed by atoms with Gasteiger partial charge in [0, 0.05) is 6.54 Å². The third kappa shape index (κ3) is 6.02. The summed E-state index contributed by atoms with van der Waals surface area (Å²) >= 11 is 0. The molecule has 5 nitrogen and oxygen atoms in total.